The molecule has 2 heterocycles. The van der Waals surface area contributed by atoms with Gasteiger partial charge in [-0.3, -0.25) is 24.0 Å². The zero-order valence-corrected chi connectivity index (χ0v) is 23.6. The predicted molar refractivity (Wildman–Crippen MR) is 153 cm³/mol. The lowest BCUT2D eigenvalue weighted by Gasteiger charge is -2.38. The maximum Gasteiger partial charge on any atom is 0.258 e. The van der Waals surface area contributed by atoms with Crippen molar-refractivity contribution in [3.8, 4) is 11.1 Å². The quantitative estimate of drug-likeness (QED) is 0.375. The van der Waals surface area contributed by atoms with E-state index in [4.69, 9.17) is 0 Å². The fraction of sp³-hybridized carbons (Fsp3) is 0.469. The summed E-state index contributed by atoms with van der Waals surface area (Å²) < 4.78 is 0. The van der Waals surface area contributed by atoms with Crippen LogP contribution in [0.3, 0.4) is 0 Å². The van der Waals surface area contributed by atoms with Gasteiger partial charge in [-0.15, -0.1) is 0 Å². The zero-order chi connectivity index (χ0) is 29.6. The molecule has 0 radical (unpaired) electrons. The monoisotopic (exact) mass is 572 g/mol. The molecule has 220 valence electrons. The Hall–Kier alpha value is -4.05. The number of aliphatic hydroxyl groups excluding tert-OH is 1. The molecule has 5 atom stereocenters. The van der Waals surface area contributed by atoms with Crippen LogP contribution in [0, 0.1) is 17.8 Å². The molecule has 2 saturated heterocycles. The lowest BCUT2D eigenvalue weighted by Crippen LogP contribution is -2.61. The van der Waals surface area contributed by atoms with Crippen molar-refractivity contribution >= 4 is 29.4 Å². The van der Waals surface area contributed by atoms with Crippen LogP contribution in [-0.2, 0) is 29.5 Å². The minimum absolute atomic E-state index is 0.0856. The summed E-state index contributed by atoms with van der Waals surface area (Å²) in [5.74, 6) is -2.42. The number of nitrogens with one attached hydrogen (secondary N) is 3. The van der Waals surface area contributed by atoms with Crippen molar-refractivity contribution in [3.05, 3.63) is 59.7 Å². The van der Waals surface area contributed by atoms with Gasteiger partial charge in [-0.05, 0) is 59.8 Å². The summed E-state index contributed by atoms with van der Waals surface area (Å²) in [5.41, 5.74) is 1.49. The number of rotatable bonds is 8. The van der Waals surface area contributed by atoms with Gasteiger partial charge in [0.1, 0.15) is 12.6 Å². The second-order valence-corrected chi connectivity index (χ2v) is 12.0. The minimum atomic E-state index is -1.52. The van der Waals surface area contributed by atoms with E-state index in [2.05, 4.69) is 16.0 Å². The number of amides is 4. The van der Waals surface area contributed by atoms with Crippen molar-refractivity contribution in [3.63, 3.8) is 0 Å². The fourth-order valence-corrected chi connectivity index (χ4v) is 7.78. The molecule has 0 bridgehead atoms. The molecule has 4 N–H and O–H groups in total. The zero-order valence-electron chi connectivity index (χ0n) is 23.6. The van der Waals surface area contributed by atoms with Gasteiger partial charge in [0.25, 0.3) is 5.91 Å². The van der Waals surface area contributed by atoms with Gasteiger partial charge in [0, 0.05) is 25.9 Å². The number of hydrogen-bond acceptors (Lipinski definition) is 6. The van der Waals surface area contributed by atoms with Gasteiger partial charge in [0.15, 0.2) is 11.3 Å². The standard InChI is InChI=1S/C32H36N4O6/c1-18(38)35-32(24-11-4-2-8-22(24)23-9-3-5-12-25(23)32)31(42)36-16-20-7-6-10-21(20)28(36)30(41)34-26(27(39)17-37)15-19-13-14-33-29(19)40/h2-5,8-9,11-12,19-21,26,28,37H,6-7,10,13-17H2,1H3,(H,33,40)(H,34,41)(H,35,38)/t19-,20-,21-,26-,28-/m0/s1. The number of benzene rings is 2. The van der Waals surface area contributed by atoms with Gasteiger partial charge in [-0.1, -0.05) is 55.0 Å². The van der Waals surface area contributed by atoms with Crippen LogP contribution in [0.25, 0.3) is 11.1 Å². The molecular formula is C32H36N4O6. The highest BCUT2D eigenvalue weighted by Crippen LogP contribution is 2.51. The first kappa shape index (κ1) is 28.1. The summed E-state index contributed by atoms with van der Waals surface area (Å²) in [6.45, 7) is 1.47. The molecule has 42 heavy (non-hydrogen) atoms. The molecule has 2 aromatic carbocycles. The van der Waals surface area contributed by atoms with E-state index < -0.39 is 41.8 Å². The van der Waals surface area contributed by atoms with E-state index in [0.29, 0.717) is 30.6 Å². The van der Waals surface area contributed by atoms with Crippen LogP contribution in [-0.4, -0.2) is 71.2 Å². The molecule has 2 aromatic rings. The number of hydrogen-bond donors (Lipinski definition) is 4. The van der Waals surface area contributed by atoms with Crippen molar-refractivity contribution in [2.24, 2.45) is 17.8 Å². The first-order chi connectivity index (χ1) is 20.3. The molecule has 2 aliphatic carbocycles. The van der Waals surface area contributed by atoms with E-state index in [0.717, 1.165) is 30.4 Å². The lowest BCUT2D eigenvalue weighted by molar-refractivity contribution is -0.146. The van der Waals surface area contributed by atoms with Crippen LogP contribution < -0.4 is 16.0 Å². The second kappa shape index (κ2) is 11.0. The van der Waals surface area contributed by atoms with Crippen molar-refractivity contribution < 1.29 is 29.1 Å². The summed E-state index contributed by atoms with van der Waals surface area (Å²) in [7, 11) is 0. The van der Waals surface area contributed by atoms with Crippen LogP contribution in [0.15, 0.2) is 48.5 Å². The summed E-state index contributed by atoms with van der Waals surface area (Å²) in [4.78, 5) is 68.4. The van der Waals surface area contributed by atoms with E-state index in [1.807, 2.05) is 48.5 Å². The molecule has 2 aliphatic heterocycles. The van der Waals surface area contributed by atoms with Gasteiger partial charge in [-0.25, -0.2) is 0 Å². The normalized spacial score (nSPS) is 25.7. The highest BCUT2D eigenvalue weighted by molar-refractivity contribution is 6.04. The maximum atomic E-state index is 14.9. The largest absolute Gasteiger partial charge is 0.389 e. The van der Waals surface area contributed by atoms with Crippen LogP contribution in [0.5, 0.6) is 0 Å². The Morgan fingerprint density at radius 1 is 1.02 bits per heavy atom. The number of Topliss-reactive ketones (excluding diaryl/α,β-unsaturated/α-hetero) is 1. The Morgan fingerprint density at radius 3 is 2.29 bits per heavy atom. The number of carbonyl (C=O) groups is 5. The van der Waals surface area contributed by atoms with Crippen LogP contribution in [0.2, 0.25) is 0 Å². The number of likely N-dealkylation sites (tertiary alicyclic amines) is 1. The third-order valence-electron chi connectivity index (χ3n) is 9.60. The Balaban J connectivity index is 1.38. The SMILES string of the molecule is CC(=O)NC1(C(=O)N2C[C@@H]3CCC[C@@H]3[C@H]2C(=O)N[C@@H](C[C@@H]2CCNC2=O)C(=O)CO)c2ccccc2-c2ccccc21. The Bertz CT molecular complexity index is 1410. The lowest BCUT2D eigenvalue weighted by atomic mass is 9.85. The van der Waals surface area contributed by atoms with Gasteiger partial charge < -0.3 is 26.0 Å². The second-order valence-electron chi connectivity index (χ2n) is 12.0. The highest BCUT2D eigenvalue weighted by Gasteiger charge is 2.58. The molecule has 6 rings (SSSR count). The average Bonchev–Trinajstić information content (AvgIpc) is 3.75. The van der Waals surface area contributed by atoms with E-state index in [1.54, 1.807) is 4.90 Å². The van der Waals surface area contributed by atoms with Gasteiger partial charge in [0.05, 0.1) is 6.04 Å². The van der Waals surface area contributed by atoms with E-state index in [1.165, 1.54) is 6.92 Å². The van der Waals surface area contributed by atoms with E-state index in [9.17, 15) is 29.1 Å². The molecule has 1 saturated carbocycles. The molecule has 0 unspecified atom stereocenters. The number of carbonyl (C=O) groups excluding carboxylic acids is 5. The van der Waals surface area contributed by atoms with Gasteiger partial charge in [0.2, 0.25) is 17.7 Å². The fourth-order valence-electron chi connectivity index (χ4n) is 7.78. The molecule has 0 spiro atoms. The van der Waals surface area contributed by atoms with E-state index in [-0.39, 0.29) is 36.0 Å². The predicted octanol–water partition coefficient (Wildman–Crippen LogP) is 1.25. The number of ketones is 1. The smallest absolute Gasteiger partial charge is 0.258 e. The summed E-state index contributed by atoms with van der Waals surface area (Å²) in [6.07, 6.45) is 3.20. The Morgan fingerprint density at radius 2 is 1.69 bits per heavy atom. The third kappa shape index (κ3) is 4.48. The van der Waals surface area contributed by atoms with Gasteiger partial charge >= 0.3 is 0 Å². The molecular weight excluding hydrogens is 536 g/mol. The van der Waals surface area contributed by atoms with Crippen LogP contribution in [0.1, 0.15) is 50.2 Å². The van der Waals surface area contributed by atoms with Crippen molar-refractivity contribution in [2.75, 3.05) is 19.7 Å². The first-order valence-electron chi connectivity index (χ1n) is 14.8. The highest BCUT2D eigenvalue weighted by atomic mass is 16.3. The topological polar surface area (TPSA) is 145 Å². The average molecular weight is 573 g/mol. The molecule has 3 fully saturated rings. The van der Waals surface area contributed by atoms with E-state index >= 15 is 0 Å². The van der Waals surface area contributed by atoms with Crippen molar-refractivity contribution in [1.82, 2.24) is 20.9 Å². The molecule has 4 aliphatic rings. The van der Waals surface area contributed by atoms with Gasteiger partial charge in [-0.2, -0.15) is 0 Å². The summed E-state index contributed by atoms with van der Waals surface area (Å²) in [5, 5.41) is 18.2. The maximum absolute atomic E-state index is 14.9. The minimum Gasteiger partial charge on any atom is -0.389 e. The van der Waals surface area contributed by atoms with Crippen LogP contribution in [0.4, 0.5) is 0 Å². The first-order valence-corrected chi connectivity index (χ1v) is 14.8. The Kier molecular flexibility index (Phi) is 7.34. The molecule has 10 heteroatoms. The number of aliphatic hydroxyl groups is 1. The van der Waals surface area contributed by atoms with Crippen molar-refractivity contribution in [2.45, 2.75) is 56.7 Å². The summed E-state index contributed by atoms with van der Waals surface area (Å²) >= 11 is 0. The molecule has 0 aromatic heterocycles. The number of fused-ring (bicyclic) bond motifs is 4. The van der Waals surface area contributed by atoms with Crippen LogP contribution >= 0.6 is 0 Å². The molecule has 4 amide bonds. The Labute approximate surface area is 244 Å². The summed E-state index contributed by atoms with van der Waals surface area (Å²) in [6, 6.07) is 13.1. The molecule has 10 nitrogen and oxygen atoms in total. The third-order valence-corrected chi connectivity index (χ3v) is 9.60. The number of nitrogens with zero attached hydrogens (tertiary/aromatic N) is 1. The van der Waals surface area contributed by atoms with Crippen molar-refractivity contribution in [1.29, 1.82) is 0 Å².